The molecular weight excluding hydrogens is 1570 g/mol. The topological polar surface area (TPSA) is 100 Å². The number of nitrogens with zero attached hydrogens (tertiary/aromatic N) is 1. The molecule has 0 bridgehead atoms. The first-order valence-electron chi connectivity index (χ1n) is 41.4. The van der Waals surface area contributed by atoms with Gasteiger partial charge < -0.3 is 34.5 Å². The van der Waals surface area contributed by atoms with Crippen molar-refractivity contribution in [2.75, 3.05) is 21.3 Å². The molecule has 25 aromatic rings. The van der Waals surface area contributed by atoms with E-state index in [1.165, 1.54) is 106 Å². The van der Waals surface area contributed by atoms with E-state index in [1.807, 2.05) is 88.6 Å². The number of nitrogens with one attached hydrogen (secondary N) is 4. The van der Waals surface area contributed by atoms with Crippen LogP contribution in [0.5, 0.6) is 0 Å². The maximum atomic E-state index is 6.59. The number of furan rings is 2. The Morgan fingerprint density at radius 2 is 0.750 bits per heavy atom. The standard InChI is InChI=1S/C31H20N2OS.C30H19NOS.C28H19NO.C24H17NS/c1-2-6-20(7-3-1)21-10-13-24(14-11-21)33-28-17-23(22-12-15-27-29(18-22)34-19-32-27)16-26-25-8-4-5-9-30(25)35-31(26)28;1-2-8-19(9-3-1)24-17-21(18-27-30(24)23-11-4-6-12-26(23)32-27)31-20-14-15-29-25(16-20)22-10-5-7-13-28(22)33-29;1-3-9-19(10-4-1)23-17-18-25(29-21-12-5-2-6-13-21)26-24-16-15-20-11-7-8-14-22(20)27(24)30-28(23)26;1-3-9-17(10-4-1)23-20(25-18-11-5-2-6-12-18)15-16-22-24(23)19-13-7-8-14-21(19)26-22/h1-19,33H;1-18,31H;1-18,29H;1-16,25H. The van der Waals surface area contributed by atoms with Crippen molar-refractivity contribution in [2.45, 2.75) is 0 Å². The highest BCUT2D eigenvalue weighted by Gasteiger charge is 2.22. The van der Waals surface area contributed by atoms with Crippen LogP contribution in [0.25, 0.3) is 182 Å². The van der Waals surface area contributed by atoms with Crippen LogP contribution in [-0.4, -0.2) is 4.98 Å². The molecule has 0 fully saturated rings. The highest BCUT2D eigenvalue weighted by atomic mass is 32.1. The maximum absolute atomic E-state index is 6.59. The lowest BCUT2D eigenvalue weighted by atomic mass is 9.97. The van der Waals surface area contributed by atoms with Crippen LogP contribution in [0.2, 0.25) is 0 Å². The quantitative estimate of drug-likeness (QED) is 0.0906. The molecule has 0 amide bonds. The summed E-state index contributed by atoms with van der Waals surface area (Å²) in [5, 5.41) is 29.2. The van der Waals surface area contributed by atoms with E-state index in [9.17, 15) is 0 Å². The lowest BCUT2D eigenvalue weighted by Gasteiger charge is -2.14. The van der Waals surface area contributed by atoms with Gasteiger partial charge in [-0.05, 0) is 189 Å². The van der Waals surface area contributed by atoms with Crippen LogP contribution in [0.3, 0.4) is 0 Å². The Balaban J connectivity index is 0.0000000988. The fraction of sp³-hybridized carbons (Fsp3) is 0. The number of oxazole rings is 1. The third-order valence-corrected chi connectivity index (χ3v) is 26.5. The van der Waals surface area contributed by atoms with E-state index in [0.29, 0.717) is 0 Å². The van der Waals surface area contributed by atoms with Gasteiger partial charge in [0.25, 0.3) is 0 Å². The Labute approximate surface area is 726 Å². The number of fused-ring (bicyclic) bond motifs is 18. The van der Waals surface area contributed by atoms with Gasteiger partial charge in [0.1, 0.15) is 27.8 Å². The van der Waals surface area contributed by atoms with Gasteiger partial charge in [0.05, 0.1) is 21.5 Å². The normalized spacial score (nSPS) is 11.4. The average Bonchev–Trinajstić information content (AvgIpc) is 1.58. The van der Waals surface area contributed by atoms with Crippen molar-refractivity contribution < 1.29 is 13.3 Å². The van der Waals surface area contributed by atoms with Crippen LogP contribution >= 0.6 is 34.0 Å². The van der Waals surface area contributed by atoms with Crippen molar-refractivity contribution in [2.24, 2.45) is 0 Å². The smallest absolute Gasteiger partial charge is 0.181 e. The van der Waals surface area contributed by atoms with Crippen molar-refractivity contribution in [3.63, 3.8) is 0 Å². The maximum Gasteiger partial charge on any atom is 0.181 e. The van der Waals surface area contributed by atoms with Gasteiger partial charge >= 0.3 is 0 Å². The predicted octanol–water partition coefficient (Wildman–Crippen LogP) is 34.3. The molecule has 19 aromatic carbocycles. The number of aromatic nitrogens is 1. The molecule has 124 heavy (non-hydrogen) atoms. The van der Waals surface area contributed by atoms with E-state index in [4.69, 9.17) is 13.3 Å². The molecule has 0 spiro atoms. The summed E-state index contributed by atoms with van der Waals surface area (Å²) >= 11 is 5.52. The van der Waals surface area contributed by atoms with Gasteiger partial charge in [-0.25, -0.2) is 4.98 Å². The molecule has 4 N–H and O–H groups in total. The van der Waals surface area contributed by atoms with Gasteiger partial charge in [-0.2, -0.15) is 0 Å². The van der Waals surface area contributed by atoms with Gasteiger partial charge in [-0.15, -0.1) is 34.0 Å². The van der Waals surface area contributed by atoms with Gasteiger partial charge in [-0.1, -0.05) is 279 Å². The van der Waals surface area contributed by atoms with Gasteiger partial charge in [0.2, 0.25) is 0 Å². The number of thiophene rings is 3. The third-order valence-electron chi connectivity index (χ3n) is 22.9. The lowest BCUT2D eigenvalue weighted by Crippen LogP contribution is -1.93. The van der Waals surface area contributed by atoms with Crippen molar-refractivity contribution in [1.29, 1.82) is 0 Å². The van der Waals surface area contributed by atoms with Crippen LogP contribution in [0, 0.1) is 0 Å². The number of benzene rings is 19. The van der Waals surface area contributed by atoms with Crippen LogP contribution < -0.4 is 21.3 Å². The monoisotopic (exact) mass is 1650 g/mol. The minimum atomic E-state index is 0.795. The summed E-state index contributed by atoms with van der Waals surface area (Å²) in [6.45, 7) is 0. The van der Waals surface area contributed by atoms with E-state index in [0.717, 1.165) is 128 Å². The molecule has 0 aliphatic heterocycles. The zero-order chi connectivity index (χ0) is 82.2. The van der Waals surface area contributed by atoms with E-state index in [1.54, 1.807) is 0 Å². The molecule has 0 saturated carbocycles. The Morgan fingerprint density at radius 3 is 1.47 bits per heavy atom. The highest BCUT2D eigenvalue weighted by molar-refractivity contribution is 7.27. The molecule has 0 atom stereocenters. The summed E-state index contributed by atoms with van der Waals surface area (Å²) in [5.74, 6) is 0. The largest absolute Gasteiger partial charge is 0.456 e. The highest BCUT2D eigenvalue weighted by Crippen LogP contribution is 2.49. The molecule has 0 aliphatic carbocycles. The first-order chi connectivity index (χ1) is 61.4. The second-order valence-corrected chi connectivity index (χ2v) is 33.9. The summed E-state index contributed by atoms with van der Waals surface area (Å²) in [4.78, 5) is 4.26. The first-order valence-corrected chi connectivity index (χ1v) is 43.9. The SMILES string of the molecule is c1ccc(-c2cc(Nc3ccc4sc5ccccc5c4c3)cc3oc4ccccc4c23)cc1.c1ccc(-c2ccc(Nc3cc(-c4ccc5ncoc5c4)cc4c3sc3ccccc34)cc2)cc1.c1ccc(Nc2ccc(-c3ccccc3)c3oc4c5ccccc5ccc4c23)cc1.c1ccc(Nc2ccc3sc4ccccc4c3c2-c2ccccc2)cc1. The summed E-state index contributed by atoms with van der Waals surface area (Å²) < 4.78 is 26.2. The average molecular weight is 1650 g/mol. The Bertz CT molecular complexity index is 8230. The molecular formula is C113H75N5O3S3. The van der Waals surface area contributed by atoms with Crippen molar-refractivity contribution in [3.8, 4) is 55.6 Å². The van der Waals surface area contributed by atoms with Crippen molar-refractivity contribution >= 4 is 206 Å². The lowest BCUT2D eigenvalue weighted by molar-refractivity contribution is 0.602. The molecule has 8 nitrogen and oxygen atoms in total. The fourth-order valence-electron chi connectivity index (χ4n) is 17.1. The number of para-hydroxylation sites is 3. The van der Waals surface area contributed by atoms with Crippen molar-refractivity contribution in [3.05, 3.63) is 431 Å². The van der Waals surface area contributed by atoms with E-state index in [2.05, 4.69) is 396 Å². The molecule has 0 aliphatic rings. The summed E-state index contributed by atoms with van der Waals surface area (Å²) in [6, 6.07) is 149. The Morgan fingerprint density at radius 1 is 0.226 bits per heavy atom. The second kappa shape index (κ2) is 32.8. The van der Waals surface area contributed by atoms with Gasteiger partial charge in [-0.3, -0.25) is 0 Å². The Kier molecular flexibility index (Phi) is 19.8. The minimum absolute atomic E-state index is 0.795. The van der Waals surface area contributed by atoms with Crippen molar-refractivity contribution in [1.82, 2.24) is 4.98 Å². The zero-order valence-electron chi connectivity index (χ0n) is 66.9. The molecule has 0 unspecified atom stereocenters. The first kappa shape index (κ1) is 74.6. The van der Waals surface area contributed by atoms with Gasteiger partial charge in [0.15, 0.2) is 12.0 Å². The second-order valence-electron chi connectivity index (χ2n) is 30.7. The van der Waals surface area contributed by atoms with Crippen LogP contribution in [0.1, 0.15) is 0 Å². The number of anilines is 8. The molecule has 25 rings (SSSR count). The molecule has 6 heterocycles. The summed E-state index contributed by atoms with van der Waals surface area (Å²) in [7, 11) is 0. The molecule has 0 radical (unpaired) electrons. The fourth-order valence-corrected chi connectivity index (χ4v) is 20.5. The third kappa shape index (κ3) is 14.6. The molecule has 6 aromatic heterocycles. The van der Waals surface area contributed by atoms with E-state index in [-0.39, 0.29) is 0 Å². The Hall–Kier alpha value is -15.6. The van der Waals surface area contributed by atoms with E-state index < -0.39 is 0 Å². The van der Waals surface area contributed by atoms with Gasteiger partial charge in [0, 0.05) is 129 Å². The molecule has 588 valence electrons. The van der Waals surface area contributed by atoms with Crippen LogP contribution in [0.15, 0.2) is 444 Å². The predicted molar refractivity (Wildman–Crippen MR) is 530 cm³/mol. The van der Waals surface area contributed by atoms with E-state index >= 15 is 0 Å². The zero-order valence-corrected chi connectivity index (χ0v) is 69.3. The molecule has 0 saturated heterocycles. The summed E-state index contributed by atoms with van der Waals surface area (Å²) in [5.41, 5.74) is 25.7. The number of rotatable bonds is 13. The number of hydrogen-bond donors (Lipinski definition) is 4. The molecule has 11 heteroatoms. The van der Waals surface area contributed by atoms with Crippen LogP contribution in [-0.2, 0) is 0 Å². The number of hydrogen-bond acceptors (Lipinski definition) is 11. The summed E-state index contributed by atoms with van der Waals surface area (Å²) in [6.07, 6.45) is 1.50. The minimum Gasteiger partial charge on any atom is -0.456 e. The van der Waals surface area contributed by atoms with Crippen LogP contribution in [0.4, 0.5) is 45.5 Å².